The molecule has 26 heavy (non-hydrogen) atoms. The molecule has 0 saturated carbocycles. The zero-order chi connectivity index (χ0) is 18.7. The number of hydrogen-bond donors (Lipinski definition) is 0. The lowest BCUT2D eigenvalue weighted by Crippen LogP contribution is -2.04. The van der Waals surface area contributed by atoms with Gasteiger partial charge in [0.05, 0.1) is 5.56 Å². The zero-order valence-corrected chi connectivity index (χ0v) is 14.2. The van der Waals surface area contributed by atoms with Gasteiger partial charge in [-0.1, -0.05) is 37.2 Å². The average molecular weight is 362 g/mol. The zero-order valence-electron chi connectivity index (χ0n) is 14.2. The normalized spacial score (nSPS) is 11.8. The van der Waals surface area contributed by atoms with Crippen LogP contribution in [0.1, 0.15) is 36.7 Å². The second kappa shape index (κ2) is 7.19. The molecule has 0 unspecified atom stereocenters. The Hall–Kier alpha value is -2.83. The van der Waals surface area contributed by atoms with E-state index in [1.54, 1.807) is 0 Å². The summed E-state index contributed by atoms with van der Waals surface area (Å²) in [6.45, 7) is 4.23. The molecule has 0 spiro atoms. The monoisotopic (exact) mass is 362 g/mol. The average Bonchev–Trinajstić information content (AvgIpc) is 3.09. The van der Waals surface area contributed by atoms with Crippen molar-refractivity contribution < 1.29 is 22.4 Å². The number of rotatable bonds is 5. The van der Waals surface area contributed by atoms with Crippen molar-refractivity contribution in [3.05, 3.63) is 65.5 Å². The molecule has 0 fully saturated rings. The van der Waals surface area contributed by atoms with Crippen molar-refractivity contribution in [1.82, 2.24) is 10.1 Å². The number of halogens is 3. The van der Waals surface area contributed by atoms with Crippen LogP contribution >= 0.6 is 0 Å². The van der Waals surface area contributed by atoms with E-state index in [2.05, 4.69) is 24.0 Å². The highest BCUT2D eigenvalue weighted by molar-refractivity contribution is 5.54. The molecule has 3 aromatic rings. The van der Waals surface area contributed by atoms with Crippen molar-refractivity contribution in [2.75, 3.05) is 0 Å². The number of hydrogen-bond acceptors (Lipinski definition) is 4. The number of aromatic nitrogens is 2. The molecule has 4 nitrogen and oxygen atoms in total. The van der Waals surface area contributed by atoms with E-state index in [4.69, 9.17) is 9.26 Å². The van der Waals surface area contributed by atoms with Crippen LogP contribution in [0.5, 0.6) is 5.75 Å². The van der Waals surface area contributed by atoms with Crippen LogP contribution in [0.15, 0.2) is 53.1 Å². The molecule has 0 radical (unpaired) electrons. The van der Waals surface area contributed by atoms with Gasteiger partial charge in [0.2, 0.25) is 5.82 Å². The van der Waals surface area contributed by atoms with E-state index in [0.717, 1.165) is 17.7 Å². The summed E-state index contributed by atoms with van der Waals surface area (Å²) in [6.07, 6.45) is -4.43. The molecule has 0 aliphatic carbocycles. The van der Waals surface area contributed by atoms with Gasteiger partial charge in [-0.3, -0.25) is 0 Å². The van der Waals surface area contributed by atoms with Gasteiger partial charge in [0.15, 0.2) is 6.61 Å². The van der Waals surface area contributed by atoms with Crippen LogP contribution in [0.4, 0.5) is 13.2 Å². The van der Waals surface area contributed by atoms with E-state index in [1.165, 1.54) is 12.1 Å². The van der Waals surface area contributed by atoms with E-state index >= 15 is 0 Å². The quantitative estimate of drug-likeness (QED) is 0.605. The predicted octanol–water partition coefficient (Wildman–Crippen LogP) is 5.46. The van der Waals surface area contributed by atoms with Gasteiger partial charge in [-0.2, -0.15) is 18.2 Å². The first-order valence-electron chi connectivity index (χ1n) is 8.06. The minimum atomic E-state index is -4.43. The molecule has 0 N–H and O–H groups in total. The Bertz CT molecular complexity index is 888. The maximum atomic E-state index is 12.8. The van der Waals surface area contributed by atoms with Crippen LogP contribution in [0.3, 0.4) is 0 Å². The van der Waals surface area contributed by atoms with E-state index < -0.39 is 11.7 Å². The van der Waals surface area contributed by atoms with Crippen LogP contribution < -0.4 is 4.74 Å². The van der Waals surface area contributed by atoms with Crippen LogP contribution in [-0.2, 0) is 12.8 Å². The van der Waals surface area contributed by atoms with Crippen molar-refractivity contribution in [3.8, 4) is 17.2 Å². The fraction of sp³-hybridized carbons (Fsp3) is 0.263. The molecular weight excluding hydrogens is 345 g/mol. The van der Waals surface area contributed by atoms with Crippen molar-refractivity contribution in [2.45, 2.75) is 32.5 Å². The maximum Gasteiger partial charge on any atom is 0.416 e. The van der Waals surface area contributed by atoms with Crippen molar-refractivity contribution in [2.24, 2.45) is 0 Å². The first-order valence-corrected chi connectivity index (χ1v) is 8.06. The molecule has 0 atom stereocenters. The van der Waals surface area contributed by atoms with Crippen molar-refractivity contribution >= 4 is 0 Å². The van der Waals surface area contributed by atoms with Gasteiger partial charge in [-0.05, 0) is 41.8 Å². The fourth-order valence-corrected chi connectivity index (χ4v) is 2.37. The lowest BCUT2D eigenvalue weighted by Gasteiger charge is -2.08. The molecule has 0 aliphatic heterocycles. The Morgan fingerprint density at radius 1 is 1.08 bits per heavy atom. The summed E-state index contributed by atoms with van der Waals surface area (Å²) < 4.78 is 49.1. The highest BCUT2D eigenvalue weighted by Gasteiger charge is 2.30. The third kappa shape index (κ3) is 4.22. The van der Waals surface area contributed by atoms with Gasteiger partial charge >= 0.3 is 6.18 Å². The first-order chi connectivity index (χ1) is 12.3. The van der Waals surface area contributed by atoms with Crippen LogP contribution in [0.25, 0.3) is 11.5 Å². The van der Waals surface area contributed by atoms with Gasteiger partial charge < -0.3 is 9.26 Å². The summed E-state index contributed by atoms with van der Waals surface area (Å²) in [5.74, 6) is 1.32. The van der Waals surface area contributed by atoms with E-state index in [9.17, 15) is 13.2 Å². The Kier molecular flexibility index (Phi) is 4.97. The molecule has 0 amide bonds. The smallest absolute Gasteiger partial charge is 0.416 e. The first kappa shape index (κ1) is 18.0. The van der Waals surface area contributed by atoms with Gasteiger partial charge in [0.25, 0.3) is 5.89 Å². The number of ether oxygens (including phenoxy) is 1. The van der Waals surface area contributed by atoms with Crippen LogP contribution in [0.2, 0.25) is 0 Å². The van der Waals surface area contributed by atoms with Crippen molar-refractivity contribution in [3.63, 3.8) is 0 Å². The Labute approximate surface area is 148 Å². The lowest BCUT2D eigenvalue weighted by atomic mass is 10.0. The number of nitrogens with zero attached hydrogens (tertiary/aromatic N) is 2. The molecule has 2 aromatic carbocycles. The molecular formula is C19H17F3N2O2. The fourth-order valence-electron chi connectivity index (χ4n) is 2.37. The molecule has 1 heterocycles. The molecule has 0 saturated heterocycles. The number of alkyl halides is 3. The van der Waals surface area contributed by atoms with Gasteiger partial charge in [0, 0.05) is 5.56 Å². The van der Waals surface area contributed by atoms with E-state index in [-0.39, 0.29) is 23.9 Å². The summed E-state index contributed by atoms with van der Waals surface area (Å²) in [5.41, 5.74) is 0.581. The second-order valence-electron chi connectivity index (χ2n) is 6.11. The Morgan fingerprint density at radius 2 is 1.85 bits per heavy atom. The highest BCUT2D eigenvalue weighted by Crippen LogP contribution is 2.31. The molecule has 136 valence electrons. The van der Waals surface area contributed by atoms with E-state index in [1.807, 2.05) is 24.3 Å². The predicted molar refractivity (Wildman–Crippen MR) is 89.6 cm³/mol. The van der Waals surface area contributed by atoms with Crippen molar-refractivity contribution in [1.29, 1.82) is 0 Å². The summed E-state index contributed by atoms with van der Waals surface area (Å²) in [4.78, 5) is 4.11. The molecule has 3 rings (SSSR count). The third-order valence-corrected chi connectivity index (χ3v) is 3.80. The summed E-state index contributed by atoms with van der Waals surface area (Å²) in [6, 6.07) is 12.4. The third-order valence-electron chi connectivity index (χ3n) is 3.80. The minimum absolute atomic E-state index is 0.0191. The van der Waals surface area contributed by atoms with Crippen LogP contribution in [-0.4, -0.2) is 10.1 Å². The van der Waals surface area contributed by atoms with Crippen LogP contribution in [0, 0.1) is 0 Å². The molecule has 7 heteroatoms. The SMILES string of the molecule is CC(C)c1cccc(OCc2noc(-c3cccc(C(F)(F)F)c3)n2)c1. The summed E-state index contributed by atoms with van der Waals surface area (Å²) >= 11 is 0. The Morgan fingerprint density at radius 3 is 2.58 bits per heavy atom. The lowest BCUT2D eigenvalue weighted by molar-refractivity contribution is -0.137. The Balaban J connectivity index is 1.72. The topological polar surface area (TPSA) is 48.2 Å². The molecule has 0 aliphatic rings. The van der Waals surface area contributed by atoms with Gasteiger partial charge in [0.1, 0.15) is 5.75 Å². The van der Waals surface area contributed by atoms with Gasteiger partial charge in [-0.25, -0.2) is 0 Å². The minimum Gasteiger partial charge on any atom is -0.485 e. The standard InChI is InChI=1S/C19H17F3N2O2/c1-12(2)13-5-4-8-16(10-13)25-11-17-23-18(26-24-17)14-6-3-7-15(9-14)19(20,21)22/h3-10,12H,11H2,1-2H3. The largest absolute Gasteiger partial charge is 0.485 e. The number of benzene rings is 2. The second-order valence-corrected chi connectivity index (χ2v) is 6.11. The summed E-state index contributed by atoms with van der Waals surface area (Å²) in [7, 11) is 0. The van der Waals surface area contributed by atoms with E-state index in [0.29, 0.717) is 11.7 Å². The molecule has 0 bridgehead atoms. The highest BCUT2D eigenvalue weighted by atomic mass is 19.4. The molecule has 1 aromatic heterocycles. The maximum absolute atomic E-state index is 12.8. The van der Waals surface area contributed by atoms with Gasteiger partial charge in [-0.15, -0.1) is 0 Å². The summed E-state index contributed by atoms with van der Waals surface area (Å²) in [5, 5.41) is 3.76.